The van der Waals surface area contributed by atoms with Gasteiger partial charge in [-0.3, -0.25) is 10.1 Å². The molecule has 0 fully saturated rings. The van der Waals surface area contributed by atoms with Gasteiger partial charge in [0.15, 0.2) is 6.19 Å². The van der Waals surface area contributed by atoms with Crippen LogP contribution in [0, 0.1) is 11.5 Å². The van der Waals surface area contributed by atoms with Crippen molar-refractivity contribution >= 4 is 11.6 Å². The van der Waals surface area contributed by atoms with Gasteiger partial charge in [0.25, 0.3) is 5.91 Å². The third-order valence-corrected chi connectivity index (χ3v) is 1.64. The molecule has 0 aliphatic heterocycles. The van der Waals surface area contributed by atoms with Crippen LogP contribution in [0.4, 0.5) is 5.69 Å². The van der Waals surface area contributed by atoms with E-state index >= 15 is 0 Å². The van der Waals surface area contributed by atoms with Gasteiger partial charge < -0.3 is 10.5 Å². The summed E-state index contributed by atoms with van der Waals surface area (Å²) >= 11 is 0. The fourth-order valence-corrected chi connectivity index (χ4v) is 1.01. The molecule has 0 aliphatic carbocycles. The van der Waals surface area contributed by atoms with Crippen molar-refractivity contribution in [3.05, 3.63) is 23.8 Å². The minimum Gasteiger partial charge on any atom is -0.496 e. The smallest absolute Gasteiger partial charge is 0.268 e. The van der Waals surface area contributed by atoms with Crippen LogP contribution in [0.25, 0.3) is 0 Å². The van der Waals surface area contributed by atoms with E-state index < -0.39 is 5.91 Å². The maximum absolute atomic E-state index is 11.3. The lowest BCUT2D eigenvalue weighted by atomic mass is 10.1. The van der Waals surface area contributed by atoms with Gasteiger partial charge >= 0.3 is 0 Å². The van der Waals surface area contributed by atoms with Gasteiger partial charge in [-0.2, -0.15) is 5.26 Å². The van der Waals surface area contributed by atoms with Crippen LogP contribution in [0.3, 0.4) is 0 Å². The summed E-state index contributed by atoms with van der Waals surface area (Å²) in [6, 6.07) is 4.59. The van der Waals surface area contributed by atoms with Crippen molar-refractivity contribution in [2.24, 2.45) is 0 Å². The van der Waals surface area contributed by atoms with E-state index in [4.69, 9.17) is 15.7 Å². The number of rotatable bonds is 2. The molecule has 0 saturated heterocycles. The SMILES string of the molecule is COc1cc(N)ccc1C(=O)NC#N. The zero-order valence-corrected chi connectivity index (χ0v) is 7.57. The van der Waals surface area contributed by atoms with Crippen molar-refractivity contribution in [3.63, 3.8) is 0 Å². The van der Waals surface area contributed by atoms with Crippen molar-refractivity contribution in [2.45, 2.75) is 0 Å². The van der Waals surface area contributed by atoms with Crippen LogP contribution >= 0.6 is 0 Å². The molecule has 0 saturated carbocycles. The summed E-state index contributed by atoms with van der Waals surface area (Å²) in [6.07, 6.45) is 1.55. The number of benzene rings is 1. The summed E-state index contributed by atoms with van der Waals surface area (Å²) in [6.45, 7) is 0. The van der Waals surface area contributed by atoms with Gasteiger partial charge in [0, 0.05) is 11.8 Å². The molecule has 1 rings (SSSR count). The largest absolute Gasteiger partial charge is 0.496 e. The van der Waals surface area contributed by atoms with E-state index in [1.807, 2.05) is 5.32 Å². The van der Waals surface area contributed by atoms with E-state index in [-0.39, 0.29) is 5.56 Å². The van der Waals surface area contributed by atoms with Crippen LogP contribution in [0.1, 0.15) is 10.4 Å². The summed E-state index contributed by atoms with van der Waals surface area (Å²) in [5.74, 6) is -0.165. The molecule has 72 valence electrons. The number of amides is 1. The van der Waals surface area contributed by atoms with Gasteiger partial charge in [-0.1, -0.05) is 0 Å². The number of nitrogen functional groups attached to an aromatic ring is 1. The van der Waals surface area contributed by atoms with Gasteiger partial charge in [0.05, 0.1) is 12.7 Å². The maximum Gasteiger partial charge on any atom is 0.268 e. The van der Waals surface area contributed by atoms with Crippen LogP contribution in [0.2, 0.25) is 0 Å². The molecule has 0 bridgehead atoms. The molecule has 3 N–H and O–H groups in total. The van der Waals surface area contributed by atoms with Gasteiger partial charge in [-0.15, -0.1) is 0 Å². The summed E-state index contributed by atoms with van der Waals surface area (Å²) in [4.78, 5) is 11.3. The van der Waals surface area contributed by atoms with E-state index in [2.05, 4.69) is 0 Å². The Hall–Kier alpha value is -2.22. The molecule has 0 heterocycles. The lowest BCUT2D eigenvalue weighted by Crippen LogP contribution is -2.18. The average Bonchev–Trinajstić information content (AvgIpc) is 2.17. The average molecular weight is 191 g/mol. The molecule has 0 unspecified atom stereocenters. The molecule has 0 aliphatic rings. The number of hydrogen-bond acceptors (Lipinski definition) is 4. The van der Waals surface area contributed by atoms with Crippen LogP contribution < -0.4 is 15.8 Å². The minimum atomic E-state index is -0.510. The molecule has 0 atom stereocenters. The lowest BCUT2D eigenvalue weighted by Gasteiger charge is -2.06. The predicted molar refractivity (Wildman–Crippen MR) is 50.5 cm³/mol. The third-order valence-electron chi connectivity index (χ3n) is 1.64. The first kappa shape index (κ1) is 9.86. The number of nitrogens with two attached hydrogens (primary N) is 1. The van der Waals surface area contributed by atoms with Crippen LogP contribution in [0.5, 0.6) is 5.75 Å². The van der Waals surface area contributed by atoms with Crippen LogP contribution in [-0.2, 0) is 0 Å². The second-order valence-corrected chi connectivity index (χ2v) is 2.53. The molecule has 5 nitrogen and oxygen atoms in total. The number of methoxy groups -OCH3 is 1. The number of ether oxygens (including phenoxy) is 1. The standard InChI is InChI=1S/C9H9N3O2/c1-14-8-4-6(11)2-3-7(8)9(13)12-5-10/h2-4H,11H2,1H3,(H,12,13). The number of carbonyl (C=O) groups excluding carboxylic acids is 1. The summed E-state index contributed by atoms with van der Waals surface area (Å²) in [7, 11) is 1.43. The van der Waals surface area contributed by atoms with Gasteiger partial charge in [0.2, 0.25) is 0 Å². The molecule has 1 aromatic carbocycles. The molecule has 1 amide bonds. The summed E-state index contributed by atoms with van der Waals surface area (Å²) in [5.41, 5.74) is 6.28. The molecule has 0 spiro atoms. The fraction of sp³-hybridized carbons (Fsp3) is 0.111. The van der Waals surface area contributed by atoms with Crippen LogP contribution in [-0.4, -0.2) is 13.0 Å². The third kappa shape index (κ3) is 1.93. The van der Waals surface area contributed by atoms with Gasteiger partial charge in [0.1, 0.15) is 5.75 Å². The molecule has 0 radical (unpaired) electrons. The monoisotopic (exact) mass is 191 g/mol. The Kier molecular flexibility index (Phi) is 2.92. The highest BCUT2D eigenvalue weighted by Gasteiger charge is 2.11. The first-order valence-corrected chi connectivity index (χ1v) is 3.82. The van der Waals surface area contributed by atoms with Gasteiger partial charge in [-0.25, -0.2) is 0 Å². The van der Waals surface area contributed by atoms with Gasteiger partial charge in [-0.05, 0) is 12.1 Å². The zero-order valence-electron chi connectivity index (χ0n) is 7.57. The Morgan fingerprint density at radius 2 is 2.36 bits per heavy atom. The number of nitrogens with zero attached hydrogens (tertiary/aromatic N) is 1. The van der Waals surface area contributed by atoms with Crippen molar-refractivity contribution in [1.82, 2.24) is 5.32 Å². The quantitative estimate of drug-likeness (QED) is 0.404. The minimum absolute atomic E-state index is 0.281. The van der Waals surface area contributed by atoms with Crippen molar-refractivity contribution < 1.29 is 9.53 Å². The second kappa shape index (κ2) is 4.14. The fourth-order valence-electron chi connectivity index (χ4n) is 1.01. The number of anilines is 1. The van der Waals surface area contributed by atoms with Crippen molar-refractivity contribution in [1.29, 1.82) is 5.26 Å². The Morgan fingerprint density at radius 1 is 1.64 bits per heavy atom. The van der Waals surface area contributed by atoms with E-state index in [1.54, 1.807) is 12.3 Å². The topological polar surface area (TPSA) is 88.1 Å². The number of carbonyl (C=O) groups is 1. The molecule has 1 aromatic rings. The summed E-state index contributed by atoms with van der Waals surface area (Å²) in [5, 5.41) is 10.3. The molecular formula is C9H9N3O2. The first-order valence-electron chi connectivity index (χ1n) is 3.82. The highest BCUT2D eigenvalue weighted by molar-refractivity contribution is 5.98. The van der Waals surface area contributed by atoms with E-state index in [0.29, 0.717) is 11.4 Å². The Labute approximate surface area is 81.1 Å². The lowest BCUT2D eigenvalue weighted by molar-refractivity contribution is 0.0970. The highest BCUT2D eigenvalue weighted by atomic mass is 16.5. The normalized spacial score (nSPS) is 8.86. The maximum atomic E-state index is 11.3. The number of nitrogens with one attached hydrogen (secondary N) is 1. The van der Waals surface area contributed by atoms with E-state index in [1.165, 1.54) is 19.2 Å². The Bertz CT molecular complexity index is 396. The van der Waals surface area contributed by atoms with Crippen molar-refractivity contribution in [2.75, 3.05) is 12.8 Å². The predicted octanol–water partition coefficient (Wildman–Crippen LogP) is 0.488. The van der Waals surface area contributed by atoms with Crippen LogP contribution in [0.15, 0.2) is 18.2 Å². The molecule has 5 heteroatoms. The summed E-state index contributed by atoms with van der Waals surface area (Å²) < 4.78 is 4.94. The molecule has 0 aromatic heterocycles. The molecule has 14 heavy (non-hydrogen) atoms. The van der Waals surface area contributed by atoms with E-state index in [9.17, 15) is 4.79 Å². The highest BCUT2D eigenvalue weighted by Crippen LogP contribution is 2.20. The zero-order chi connectivity index (χ0) is 10.6. The number of nitriles is 1. The first-order chi connectivity index (χ1) is 6.69. The Balaban J connectivity index is 3.09. The number of hydrogen-bond donors (Lipinski definition) is 2. The Morgan fingerprint density at radius 3 is 2.93 bits per heavy atom. The second-order valence-electron chi connectivity index (χ2n) is 2.53. The molecular weight excluding hydrogens is 182 g/mol. The van der Waals surface area contributed by atoms with E-state index in [0.717, 1.165) is 0 Å². The van der Waals surface area contributed by atoms with Crippen molar-refractivity contribution in [3.8, 4) is 11.9 Å².